The van der Waals surface area contributed by atoms with Crippen molar-refractivity contribution in [3.63, 3.8) is 0 Å². The molecule has 2 aromatic carbocycles. The number of esters is 1. The molecule has 1 aliphatic carbocycles. The second-order valence-corrected chi connectivity index (χ2v) is 9.27. The molecule has 0 fully saturated rings. The maximum absolute atomic E-state index is 12.7. The largest absolute Gasteiger partial charge is 0.493 e. The minimum Gasteiger partial charge on any atom is -0.493 e. The lowest BCUT2D eigenvalue weighted by molar-refractivity contribution is 0.0218. The van der Waals surface area contributed by atoms with Crippen LogP contribution in [-0.4, -0.2) is 43.8 Å². The monoisotopic (exact) mass is 459 g/mol. The van der Waals surface area contributed by atoms with E-state index in [1.807, 2.05) is 12.1 Å². The Labute approximate surface area is 191 Å². The Kier molecular flexibility index (Phi) is 5.16. The lowest BCUT2D eigenvalue weighted by Crippen LogP contribution is -2.43. The molecular formula is C24H23Cl2NO4. The van der Waals surface area contributed by atoms with Crippen molar-refractivity contribution in [3.8, 4) is 11.5 Å². The number of rotatable bonds is 3. The maximum Gasteiger partial charge on any atom is 0.340 e. The normalized spacial score (nSPS) is 26.5. The van der Waals surface area contributed by atoms with Crippen molar-refractivity contribution in [2.24, 2.45) is 0 Å². The molecule has 1 unspecified atom stereocenters. The zero-order chi connectivity index (χ0) is 21.8. The Bertz CT molecular complexity index is 1090. The van der Waals surface area contributed by atoms with E-state index in [0.717, 1.165) is 31.0 Å². The quantitative estimate of drug-likeness (QED) is 0.476. The second kappa shape index (κ2) is 7.73. The minimum atomic E-state index is -0.493. The molecule has 0 amide bonds. The summed E-state index contributed by atoms with van der Waals surface area (Å²) in [5.74, 6) is 1.06. The van der Waals surface area contributed by atoms with Crippen LogP contribution in [-0.2, 0) is 16.7 Å². The van der Waals surface area contributed by atoms with Crippen LogP contribution in [0.4, 0.5) is 0 Å². The van der Waals surface area contributed by atoms with Gasteiger partial charge in [0.2, 0.25) is 0 Å². The summed E-state index contributed by atoms with van der Waals surface area (Å²) in [5.41, 5.74) is 2.48. The summed E-state index contributed by atoms with van der Waals surface area (Å²) in [4.78, 5) is 15.1. The number of hydrogen-bond donors (Lipinski definition) is 0. The number of hydrogen-bond acceptors (Lipinski definition) is 5. The fraction of sp³-hybridized carbons (Fsp3) is 0.375. The molecule has 3 atom stereocenters. The molecule has 2 heterocycles. The van der Waals surface area contributed by atoms with Gasteiger partial charge in [0.05, 0.1) is 23.1 Å². The molecule has 1 spiro atoms. The van der Waals surface area contributed by atoms with Crippen LogP contribution >= 0.6 is 23.2 Å². The van der Waals surface area contributed by atoms with Crippen molar-refractivity contribution in [3.05, 3.63) is 69.2 Å². The highest BCUT2D eigenvalue weighted by atomic mass is 35.5. The van der Waals surface area contributed by atoms with E-state index >= 15 is 0 Å². The van der Waals surface area contributed by atoms with Crippen molar-refractivity contribution in [1.82, 2.24) is 4.90 Å². The predicted octanol–water partition coefficient (Wildman–Crippen LogP) is 5.02. The summed E-state index contributed by atoms with van der Waals surface area (Å²) in [6.45, 7) is 1.81. The molecule has 0 radical (unpaired) electrons. The van der Waals surface area contributed by atoms with Gasteiger partial charge in [0.15, 0.2) is 11.5 Å². The van der Waals surface area contributed by atoms with Gasteiger partial charge in [-0.05, 0) is 55.9 Å². The first-order chi connectivity index (χ1) is 14.9. The molecule has 0 saturated heterocycles. The number of halogens is 2. The van der Waals surface area contributed by atoms with Gasteiger partial charge in [-0.3, -0.25) is 0 Å². The van der Waals surface area contributed by atoms with Gasteiger partial charge in [0, 0.05) is 23.6 Å². The zero-order valence-corrected chi connectivity index (χ0v) is 18.9. The summed E-state index contributed by atoms with van der Waals surface area (Å²) in [6, 6.07) is 8.87. The van der Waals surface area contributed by atoms with E-state index < -0.39 is 12.1 Å². The minimum absolute atomic E-state index is 0.137. The van der Waals surface area contributed by atoms with E-state index in [-0.39, 0.29) is 17.1 Å². The fourth-order valence-electron chi connectivity index (χ4n) is 5.01. The van der Waals surface area contributed by atoms with Crippen molar-refractivity contribution in [2.45, 2.75) is 37.0 Å². The van der Waals surface area contributed by atoms with Crippen molar-refractivity contribution in [1.29, 1.82) is 0 Å². The summed E-state index contributed by atoms with van der Waals surface area (Å²) in [6.07, 6.45) is 5.09. The summed E-state index contributed by atoms with van der Waals surface area (Å²) in [7, 11) is 3.80. The third-order valence-electron chi connectivity index (χ3n) is 6.54. The van der Waals surface area contributed by atoms with Gasteiger partial charge in [-0.25, -0.2) is 4.79 Å². The van der Waals surface area contributed by atoms with Crippen LogP contribution in [0, 0.1) is 0 Å². The number of carbonyl (C=O) groups excluding carboxylic acids is 1. The van der Waals surface area contributed by atoms with Crippen LogP contribution in [0.3, 0.4) is 0 Å². The second-order valence-electron chi connectivity index (χ2n) is 8.43. The Hall–Kier alpha value is -2.21. The van der Waals surface area contributed by atoms with E-state index in [0.29, 0.717) is 16.5 Å². The Balaban J connectivity index is 1.47. The van der Waals surface area contributed by atoms with Crippen LogP contribution in [0.25, 0.3) is 0 Å². The lowest BCUT2D eigenvalue weighted by Gasteiger charge is -2.36. The molecule has 5 nitrogen and oxygen atoms in total. The fourth-order valence-corrected chi connectivity index (χ4v) is 5.37. The summed E-state index contributed by atoms with van der Waals surface area (Å²) in [5, 5.41) is 0.752. The highest BCUT2D eigenvalue weighted by molar-refractivity contribution is 6.35. The molecule has 7 heteroatoms. The van der Waals surface area contributed by atoms with E-state index in [2.05, 4.69) is 24.1 Å². The molecule has 0 N–H and O–H groups in total. The molecular weight excluding hydrogens is 437 g/mol. The van der Waals surface area contributed by atoms with Gasteiger partial charge in [0.1, 0.15) is 12.2 Å². The highest BCUT2D eigenvalue weighted by Gasteiger charge is 2.53. The molecule has 0 bridgehead atoms. The molecule has 0 saturated carbocycles. The van der Waals surface area contributed by atoms with E-state index in [9.17, 15) is 4.79 Å². The summed E-state index contributed by atoms with van der Waals surface area (Å²) < 4.78 is 17.8. The van der Waals surface area contributed by atoms with E-state index in [1.165, 1.54) is 17.2 Å². The van der Waals surface area contributed by atoms with Crippen LogP contribution in [0.2, 0.25) is 10.0 Å². The number of methoxy groups -OCH3 is 1. The third kappa shape index (κ3) is 3.39. The molecule has 2 aromatic rings. The van der Waals surface area contributed by atoms with E-state index in [4.69, 9.17) is 37.4 Å². The smallest absolute Gasteiger partial charge is 0.340 e. The van der Waals surface area contributed by atoms with Crippen LogP contribution in [0.15, 0.2) is 42.5 Å². The Morgan fingerprint density at radius 1 is 1.26 bits per heavy atom. The third-order valence-corrected chi connectivity index (χ3v) is 7.10. The van der Waals surface area contributed by atoms with Gasteiger partial charge >= 0.3 is 5.97 Å². The van der Waals surface area contributed by atoms with Crippen LogP contribution in [0.1, 0.15) is 34.3 Å². The average Bonchev–Trinajstić information content (AvgIpc) is 3.01. The van der Waals surface area contributed by atoms with Gasteiger partial charge < -0.3 is 19.1 Å². The first kappa shape index (κ1) is 20.7. The molecule has 2 aliphatic heterocycles. The van der Waals surface area contributed by atoms with Crippen molar-refractivity contribution < 1.29 is 19.0 Å². The predicted molar refractivity (Wildman–Crippen MR) is 119 cm³/mol. The SMILES string of the molecule is COc1ccc2c3c1O[C@H]1CC(OC(=O)c4cc(Cl)ccc4Cl)C=C[C@@]31CCN(C)C2. The van der Waals surface area contributed by atoms with Crippen LogP contribution < -0.4 is 9.47 Å². The number of benzene rings is 2. The van der Waals surface area contributed by atoms with Gasteiger partial charge in [-0.15, -0.1) is 0 Å². The standard InChI is InChI=1S/C24H23Cl2NO4/c1-27-10-9-24-8-7-16(30-23(28)17-11-15(25)4-5-18(17)26)12-20(24)31-22-19(29-2)6-3-14(13-27)21(22)24/h3-8,11,16,20H,9-10,12-13H2,1-2H3/t16?,20-,24-/m0/s1. The maximum atomic E-state index is 12.7. The first-order valence-electron chi connectivity index (χ1n) is 10.3. The highest BCUT2D eigenvalue weighted by Crippen LogP contribution is 2.55. The van der Waals surface area contributed by atoms with E-state index in [1.54, 1.807) is 19.2 Å². The zero-order valence-electron chi connectivity index (χ0n) is 17.4. The molecule has 5 rings (SSSR count). The first-order valence-corrected chi connectivity index (χ1v) is 11.1. The number of ether oxygens (including phenoxy) is 3. The number of nitrogens with zero attached hydrogens (tertiary/aromatic N) is 1. The average molecular weight is 460 g/mol. The van der Waals surface area contributed by atoms with Crippen LogP contribution in [0.5, 0.6) is 11.5 Å². The van der Waals surface area contributed by atoms with Crippen molar-refractivity contribution in [2.75, 3.05) is 20.7 Å². The van der Waals surface area contributed by atoms with Gasteiger partial charge in [-0.2, -0.15) is 0 Å². The molecule has 31 heavy (non-hydrogen) atoms. The summed E-state index contributed by atoms with van der Waals surface area (Å²) >= 11 is 12.2. The van der Waals surface area contributed by atoms with Crippen molar-refractivity contribution >= 4 is 29.2 Å². The molecule has 162 valence electrons. The molecule has 0 aromatic heterocycles. The Morgan fingerprint density at radius 2 is 2.10 bits per heavy atom. The Morgan fingerprint density at radius 3 is 2.90 bits per heavy atom. The molecule has 3 aliphatic rings. The van der Waals surface area contributed by atoms with Gasteiger partial charge in [0.25, 0.3) is 0 Å². The topological polar surface area (TPSA) is 48.0 Å². The number of carbonyl (C=O) groups is 1. The lowest BCUT2D eigenvalue weighted by atomic mass is 9.69. The van der Waals surface area contributed by atoms with Gasteiger partial charge in [-0.1, -0.05) is 35.3 Å².